The number of hydrogen-bond acceptors (Lipinski definition) is 8. The van der Waals surface area contributed by atoms with E-state index in [0.29, 0.717) is 5.25 Å². The minimum absolute atomic E-state index is 0.00816. The van der Waals surface area contributed by atoms with E-state index in [2.05, 4.69) is 13.5 Å². The van der Waals surface area contributed by atoms with Gasteiger partial charge in [-0.2, -0.15) is 23.5 Å². The summed E-state index contributed by atoms with van der Waals surface area (Å²) in [4.78, 5) is 34.6. The van der Waals surface area contributed by atoms with Gasteiger partial charge in [0.15, 0.2) is 0 Å². The topological polar surface area (TPSA) is 78.9 Å². The van der Waals surface area contributed by atoms with Crippen LogP contribution in [0.2, 0.25) is 0 Å². The first-order chi connectivity index (χ1) is 11.9. The highest BCUT2D eigenvalue weighted by atomic mass is 32.2. The summed E-state index contributed by atoms with van der Waals surface area (Å²) in [7, 11) is 0. The molecule has 1 rings (SSSR count). The van der Waals surface area contributed by atoms with Crippen LogP contribution >= 0.6 is 23.5 Å². The molecule has 1 fully saturated rings. The summed E-state index contributed by atoms with van der Waals surface area (Å²) in [6, 6.07) is 0. The van der Waals surface area contributed by atoms with Gasteiger partial charge in [0.1, 0.15) is 19.3 Å². The number of thioether (sulfide) groups is 2. The molecule has 2 unspecified atom stereocenters. The lowest BCUT2D eigenvalue weighted by atomic mass is 10.3. The smallest absolute Gasteiger partial charge is 0.333 e. The maximum absolute atomic E-state index is 11.9. The van der Waals surface area contributed by atoms with Crippen LogP contribution in [0.4, 0.5) is 0 Å². The van der Waals surface area contributed by atoms with E-state index in [4.69, 9.17) is 14.2 Å². The molecule has 0 radical (unpaired) electrons. The van der Waals surface area contributed by atoms with Gasteiger partial charge < -0.3 is 14.2 Å². The van der Waals surface area contributed by atoms with Gasteiger partial charge in [-0.15, -0.1) is 0 Å². The molecule has 0 bridgehead atoms. The molecule has 0 spiro atoms. The van der Waals surface area contributed by atoms with Gasteiger partial charge in [0, 0.05) is 22.3 Å². The molecule has 0 aromatic heterocycles. The highest BCUT2D eigenvalue weighted by Crippen LogP contribution is 2.24. The van der Waals surface area contributed by atoms with E-state index in [9.17, 15) is 14.4 Å². The van der Waals surface area contributed by atoms with Crippen molar-refractivity contribution in [2.75, 3.05) is 30.5 Å². The number of carbonyl (C=O) groups excluding carboxylic acids is 3. The third-order valence-corrected chi connectivity index (χ3v) is 5.80. The average Bonchev–Trinajstić information content (AvgIpc) is 2.55. The zero-order valence-corrected chi connectivity index (χ0v) is 16.4. The Morgan fingerprint density at radius 2 is 1.76 bits per heavy atom. The lowest BCUT2D eigenvalue weighted by Gasteiger charge is -2.22. The third-order valence-electron chi connectivity index (χ3n) is 3.30. The Morgan fingerprint density at radius 1 is 1.08 bits per heavy atom. The monoisotopic (exact) mass is 390 g/mol. The fourth-order valence-corrected chi connectivity index (χ4v) is 4.32. The summed E-state index contributed by atoms with van der Waals surface area (Å²) in [5, 5.41) is 0.572. The number of ether oxygens (including phenoxy) is 3. The third kappa shape index (κ3) is 10.4. The van der Waals surface area contributed by atoms with Gasteiger partial charge in [-0.05, 0) is 19.1 Å². The zero-order valence-electron chi connectivity index (χ0n) is 14.8. The second-order valence-electron chi connectivity index (χ2n) is 5.76. The van der Waals surface area contributed by atoms with Gasteiger partial charge >= 0.3 is 17.9 Å². The summed E-state index contributed by atoms with van der Waals surface area (Å²) in [5.74, 6) is 1.24. The molecule has 1 aliphatic rings. The molecule has 0 saturated carbocycles. The number of carbonyl (C=O) groups is 3. The van der Waals surface area contributed by atoms with Gasteiger partial charge in [-0.1, -0.05) is 13.5 Å². The maximum Gasteiger partial charge on any atom is 0.333 e. The zero-order chi connectivity index (χ0) is 18.7. The summed E-state index contributed by atoms with van der Waals surface area (Å²) in [6.45, 7) is 7.09. The van der Waals surface area contributed by atoms with E-state index in [1.54, 1.807) is 11.8 Å². The largest absolute Gasteiger partial charge is 0.462 e. The Kier molecular flexibility index (Phi) is 10.7. The molecule has 0 N–H and O–H groups in total. The molecular weight excluding hydrogens is 364 g/mol. The molecule has 0 aromatic carbocycles. The second-order valence-corrected chi connectivity index (χ2v) is 8.38. The van der Waals surface area contributed by atoms with Crippen LogP contribution in [0.1, 0.15) is 33.1 Å². The molecule has 25 heavy (non-hydrogen) atoms. The lowest BCUT2D eigenvalue weighted by molar-refractivity contribution is -0.154. The van der Waals surface area contributed by atoms with Gasteiger partial charge in [0.05, 0.1) is 12.8 Å². The Hall–Kier alpha value is -1.15. The van der Waals surface area contributed by atoms with Gasteiger partial charge in [-0.25, -0.2) is 4.79 Å². The highest BCUT2D eigenvalue weighted by molar-refractivity contribution is 8.01. The fraction of sp³-hybridized carbons (Fsp3) is 0.706. The Morgan fingerprint density at radius 3 is 2.48 bits per heavy atom. The van der Waals surface area contributed by atoms with Crippen molar-refractivity contribution in [2.45, 2.75) is 44.5 Å². The first-order valence-corrected chi connectivity index (χ1v) is 10.5. The standard InChI is InChI=1S/C17H26O6S2/c1-12(2)17(20)22-8-7-21-15(18)4-5-16(19)23-14-10-24-9-6-13(3)25-11-14/h13-14H,1,4-11H2,2-3H3. The van der Waals surface area contributed by atoms with Crippen molar-refractivity contribution in [3.8, 4) is 0 Å². The number of esters is 3. The highest BCUT2D eigenvalue weighted by Gasteiger charge is 2.19. The van der Waals surface area contributed by atoms with Gasteiger partial charge in [-0.3, -0.25) is 9.59 Å². The molecule has 0 amide bonds. The van der Waals surface area contributed by atoms with Crippen molar-refractivity contribution < 1.29 is 28.6 Å². The van der Waals surface area contributed by atoms with Crippen molar-refractivity contribution in [2.24, 2.45) is 0 Å². The van der Waals surface area contributed by atoms with Gasteiger partial charge in [0.25, 0.3) is 0 Å². The predicted octanol–water partition coefficient (Wildman–Crippen LogP) is 2.60. The Bertz CT molecular complexity index is 480. The van der Waals surface area contributed by atoms with Crippen molar-refractivity contribution in [3.05, 3.63) is 12.2 Å². The molecule has 1 aliphatic heterocycles. The summed E-state index contributed by atoms with van der Waals surface area (Å²) in [5.41, 5.74) is 0.286. The van der Waals surface area contributed by atoms with E-state index >= 15 is 0 Å². The number of rotatable bonds is 8. The predicted molar refractivity (Wildman–Crippen MR) is 99.7 cm³/mol. The van der Waals surface area contributed by atoms with Crippen LogP contribution in [0.25, 0.3) is 0 Å². The average molecular weight is 391 g/mol. The SMILES string of the molecule is C=C(C)C(=O)OCCOC(=O)CCC(=O)OC1CSCCC(C)SC1. The summed E-state index contributed by atoms with van der Waals surface area (Å²) >= 11 is 3.61. The first kappa shape index (κ1) is 21.9. The van der Waals surface area contributed by atoms with Crippen LogP contribution in [0, 0.1) is 0 Å². The van der Waals surface area contributed by atoms with Crippen molar-refractivity contribution in [1.82, 2.24) is 0 Å². The molecule has 2 atom stereocenters. The van der Waals surface area contributed by atoms with Crippen LogP contribution in [0.3, 0.4) is 0 Å². The molecule has 1 saturated heterocycles. The molecule has 8 heteroatoms. The van der Waals surface area contributed by atoms with E-state index in [1.807, 2.05) is 11.8 Å². The summed E-state index contributed by atoms with van der Waals surface area (Å²) < 4.78 is 15.1. The van der Waals surface area contributed by atoms with Crippen LogP contribution in [0.15, 0.2) is 12.2 Å². The van der Waals surface area contributed by atoms with Crippen molar-refractivity contribution in [1.29, 1.82) is 0 Å². The van der Waals surface area contributed by atoms with Crippen LogP contribution in [-0.4, -0.2) is 59.7 Å². The Balaban J connectivity index is 2.14. The van der Waals surface area contributed by atoms with E-state index in [-0.39, 0.29) is 43.7 Å². The molecule has 0 aromatic rings. The molecule has 1 heterocycles. The minimum Gasteiger partial charge on any atom is -0.462 e. The van der Waals surface area contributed by atoms with Crippen LogP contribution < -0.4 is 0 Å². The lowest BCUT2D eigenvalue weighted by Crippen LogP contribution is -2.26. The van der Waals surface area contributed by atoms with Crippen molar-refractivity contribution >= 4 is 41.4 Å². The van der Waals surface area contributed by atoms with E-state index < -0.39 is 11.9 Å². The number of hydrogen-bond donors (Lipinski definition) is 0. The molecule has 6 nitrogen and oxygen atoms in total. The second kappa shape index (κ2) is 12.2. The van der Waals surface area contributed by atoms with E-state index in [0.717, 1.165) is 17.3 Å². The molecule has 142 valence electrons. The normalized spacial score (nSPS) is 20.7. The molecular formula is C17H26O6S2. The van der Waals surface area contributed by atoms with Gasteiger partial charge in [0.2, 0.25) is 0 Å². The fourth-order valence-electron chi connectivity index (χ4n) is 1.87. The van der Waals surface area contributed by atoms with Crippen molar-refractivity contribution in [3.63, 3.8) is 0 Å². The van der Waals surface area contributed by atoms with Crippen LogP contribution in [-0.2, 0) is 28.6 Å². The Labute approximate surface area is 157 Å². The molecule has 0 aliphatic carbocycles. The summed E-state index contributed by atoms with van der Waals surface area (Å²) in [6.07, 6.45) is 1.01. The first-order valence-electron chi connectivity index (χ1n) is 8.25. The quantitative estimate of drug-likeness (QED) is 0.271. The van der Waals surface area contributed by atoms with Crippen LogP contribution in [0.5, 0.6) is 0 Å². The maximum atomic E-state index is 11.9. The van der Waals surface area contributed by atoms with E-state index in [1.165, 1.54) is 13.3 Å². The minimum atomic E-state index is -0.524.